The van der Waals surface area contributed by atoms with Gasteiger partial charge >= 0.3 is 0 Å². The predicted molar refractivity (Wildman–Crippen MR) is 116 cm³/mol. The van der Waals surface area contributed by atoms with E-state index >= 15 is 0 Å². The van der Waals surface area contributed by atoms with Gasteiger partial charge in [0.1, 0.15) is 18.2 Å². The Morgan fingerprint density at radius 3 is 2.60 bits per heavy atom. The highest BCUT2D eigenvalue weighted by Crippen LogP contribution is 2.38. The summed E-state index contributed by atoms with van der Waals surface area (Å²) in [7, 11) is -3.78. The third-order valence-corrected chi connectivity index (χ3v) is 5.99. The summed E-state index contributed by atoms with van der Waals surface area (Å²) < 4.78 is 47.0. The zero-order valence-corrected chi connectivity index (χ0v) is 18.4. The molecule has 1 N–H and O–H groups in total. The molecular weight excluding hydrogens is 407 g/mol. The maximum Gasteiger partial charge on any atom is 0.236 e. The summed E-state index contributed by atoms with van der Waals surface area (Å²) in [5.74, 6) is -0.184. The van der Waals surface area contributed by atoms with Crippen LogP contribution in [0.3, 0.4) is 0 Å². The molecule has 162 valence electrons. The van der Waals surface area contributed by atoms with Gasteiger partial charge in [0, 0.05) is 6.54 Å². The highest BCUT2D eigenvalue weighted by atomic mass is 32.2. The molecule has 0 aromatic heterocycles. The van der Waals surface area contributed by atoms with Crippen LogP contribution in [0, 0.1) is 17.2 Å². The molecule has 1 aliphatic heterocycles. The van der Waals surface area contributed by atoms with Gasteiger partial charge < -0.3 is 9.64 Å². The maximum atomic E-state index is 13.4. The second-order valence-electron chi connectivity index (χ2n) is 8.66. The van der Waals surface area contributed by atoms with Crippen molar-refractivity contribution in [3.63, 3.8) is 0 Å². The van der Waals surface area contributed by atoms with E-state index in [4.69, 9.17) is 4.74 Å². The van der Waals surface area contributed by atoms with Crippen LogP contribution in [0.2, 0.25) is 0 Å². The van der Waals surface area contributed by atoms with Crippen molar-refractivity contribution in [2.75, 3.05) is 22.8 Å². The number of nitrogens with zero attached hydrogens (tertiary/aromatic N) is 1. The van der Waals surface area contributed by atoms with Crippen molar-refractivity contribution in [1.82, 2.24) is 0 Å². The Labute approximate surface area is 177 Å². The van der Waals surface area contributed by atoms with Crippen molar-refractivity contribution in [2.45, 2.75) is 33.4 Å². The Bertz CT molecular complexity index is 1050. The minimum Gasteiger partial charge on any atom is -0.490 e. The fourth-order valence-corrected chi connectivity index (χ4v) is 4.49. The van der Waals surface area contributed by atoms with Gasteiger partial charge in [0.15, 0.2) is 0 Å². The topological polar surface area (TPSA) is 75.7 Å². The van der Waals surface area contributed by atoms with Gasteiger partial charge in [-0.05, 0) is 55.7 Å². The van der Waals surface area contributed by atoms with E-state index in [1.165, 1.54) is 18.2 Å². The molecule has 0 aliphatic carbocycles. The quantitative estimate of drug-likeness (QED) is 0.740. The van der Waals surface area contributed by atoms with Crippen LogP contribution in [0.25, 0.3) is 0 Å². The van der Waals surface area contributed by atoms with E-state index in [0.717, 1.165) is 0 Å². The second-order valence-corrected chi connectivity index (χ2v) is 10.4. The van der Waals surface area contributed by atoms with Crippen LogP contribution in [0.4, 0.5) is 15.8 Å². The van der Waals surface area contributed by atoms with Gasteiger partial charge in [0.05, 0.1) is 22.5 Å². The highest BCUT2D eigenvalue weighted by molar-refractivity contribution is 7.91. The lowest BCUT2D eigenvalue weighted by Gasteiger charge is -2.29. The molecule has 0 saturated heterocycles. The highest BCUT2D eigenvalue weighted by Gasteiger charge is 2.38. The Morgan fingerprint density at radius 2 is 1.93 bits per heavy atom. The van der Waals surface area contributed by atoms with Crippen molar-refractivity contribution in [2.24, 2.45) is 11.3 Å². The van der Waals surface area contributed by atoms with Crippen molar-refractivity contribution in [1.29, 1.82) is 0 Å². The Kier molecular flexibility index (Phi) is 6.08. The first kappa shape index (κ1) is 22.1. The van der Waals surface area contributed by atoms with Crippen LogP contribution in [0.1, 0.15) is 33.3 Å². The second kappa shape index (κ2) is 8.26. The molecule has 2 aromatic rings. The van der Waals surface area contributed by atoms with Gasteiger partial charge in [-0.25, -0.2) is 12.8 Å². The van der Waals surface area contributed by atoms with E-state index in [2.05, 4.69) is 4.72 Å². The van der Waals surface area contributed by atoms with Crippen molar-refractivity contribution >= 4 is 27.3 Å². The van der Waals surface area contributed by atoms with E-state index in [1.54, 1.807) is 29.2 Å². The van der Waals surface area contributed by atoms with Crippen LogP contribution in [0.5, 0.6) is 5.75 Å². The number of fused-ring (bicyclic) bond motifs is 1. The minimum absolute atomic E-state index is 0.0743. The number of nitrogens with one attached hydrogen (secondary N) is 1. The number of ether oxygens (including phenoxy) is 1. The fraction of sp³-hybridized carbons (Fsp3) is 0.409. The Morgan fingerprint density at radius 1 is 1.20 bits per heavy atom. The molecule has 1 heterocycles. The van der Waals surface area contributed by atoms with E-state index in [9.17, 15) is 17.6 Å². The number of benzene rings is 2. The molecule has 1 aliphatic rings. The van der Waals surface area contributed by atoms with Crippen LogP contribution in [-0.2, 0) is 20.6 Å². The van der Waals surface area contributed by atoms with Gasteiger partial charge in [0.25, 0.3) is 0 Å². The molecule has 0 saturated carbocycles. The lowest BCUT2D eigenvalue weighted by Crippen LogP contribution is -2.43. The number of rotatable bonds is 6. The van der Waals surface area contributed by atoms with Crippen LogP contribution < -0.4 is 14.4 Å². The molecule has 0 unspecified atom stereocenters. The van der Waals surface area contributed by atoms with Gasteiger partial charge in [-0.1, -0.05) is 26.0 Å². The number of amides is 1. The summed E-state index contributed by atoms with van der Waals surface area (Å²) in [5, 5.41) is 0. The first-order chi connectivity index (χ1) is 14.0. The van der Waals surface area contributed by atoms with Crippen LogP contribution >= 0.6 is 0 Å². The molecule has 6 nitrogen and oxygen atoms in total. The predicted octanol–water partition coefficient (Wildman–Crippen LogP) is 4.18. The minimum atomic E-state index is -3.78. The van der Waals surface area contributed by atoms with Crippen molar-refractivity contribution in [3.8, 4) is 5.75 Å². The number of hydrogen-bond donors (Lipinski definition) is 1. The van der Waals surface area contributed by atoms with Gasteiger partial charge in [0.2, 0.25) is 15.9 Å². The normalized spacial score (nSPS) is 16.1. The number of hydrogen-bond acceptors (Lipinski definition) is 4. The SMILES string of the molecule is CC(C)CN1C(=O)C(C)(C)COc2ccc(NS(=O)(=O)Cc3cccc(F)c3)cc21. The number of sulfonamides is 1. The number of carbonyl (C=O) groups excluding carboxylic acids is 1. The summed E-state index contributed by atoms with van der Waals surface area (Å²) in [6.45, 7) is 8.40. The Hall–Kier alpha value is -2.61. The van der Waals surface area contributed by atoms with Crippen LogP contribution in [0.15, 0.2) is 42.5 Å². The summed E-state index contributed by atoms with van der Waals surface area (Å²) in [4.78, 5) is 14.8. The lowest BCUT2D eigenvalue weighted by molar-refractivity contribution is -0.127. The third-order valence-electron chi connectivity index (χ3n) is 4.73. The van der Waals surface area contributed by atoms with E-state index in [0.29, 0.717) is 29.2 Å². The fourth-order valence-electron chi connectivity index (χ4n) is 3.32. The standard InChI is InChI=1S/C22H27FN2O4S/c1-15(2)12-25-19-11-18(8-9-20(19)29-14-22(3,4)21(25)26)24-30(27,28)13-16-6-5-7-17(23)10-16/h5-11,15,24H,12-14H2,1-4H3. The molecule has 1 amide bonds. The number of anilines is 2. The first-order valence-electron chi connectivity index (χ1n) is 9.80. The molecule has 0 atom stereocenters. The van der Waals surface area contributed by atoms with Crippen LogP contribution in [-0.4, -0.2) is 27.5 Å². The van der Waals surface area contributed by atoms with E-state index in [1.807, 2.05) is 27.7 Å². The smallest absolute Gasteiger partial charge is 0.236 e. The zero-order valence-electron chi connectivity index (χ0n) is 17.6. The molecule has 8 heteroatoms. The first-order valence-corrected chi connectivity index (χ1v) is 11.5. The van der Waals surface area contributed by atoms with Crippen molar-refractivity contribution < 1.29 is 22.3 Å². The van der Waals surface area contributed by atoms with Crippen molar-refractivity contribution in [3.05, 3.63) is 53.8 Å². The molecule has 30 heavy (non-hydrogen) atoms. The average Bonchev–Trinajstić information content (AvgIpc) is 2.71. The molecule has 0 bridgehead atoms. The Balaban J connectivity index is 1.91. The lowest BCUT2D eigenvalue weighted by atomic mass is 9.92. The molecule has 3 rings (SSSR count). The molecule has 0 radical (unpaired) electrons. The summed E-state index contributed by atoms with van der Waals surface area (Å²) in [6, 6.07) is 10.3. The summed E-state index contributed by atoms with van der Waals surface area (Å²) in [5.41, 5.74) is 0.490. The number of carbonyl (C=O) groups is 1. The molecular formula is C22H27FN2O4S. The average molecular weight is 435 g/mol. The molecule has 0 fully saturated rings. The van der Waals surface area contributed by atoms with Gasteiger partial charge in [-0.2, -0.15) is 0 Å². The molecule has 0 spiro atoms. The van der Waals surface area contributed by atoms with E-state index in [-0.39, 0.29) is 24.2 Å². The van der Waals surface area contributed by atoms with Gasteiger partial charge in [-0.15, -0.1) is 0 Å². The monoisotopic (exact) mass is 434 g/mol. The third kappa shape index (κ3) is 5.11. The largest absolute Gasteiger partial charge is 0.490 e. The zero-order chi connectivity index (χ0) is 22.1. The molecule has 2 aromatic carbocycles. The summed E-state index contributed by atoms with van der Waals surface area (Å²) >= 11 is 0. The van der Waals surface area contributed by atoms with Gasteiger partial charge in [-0.3, -0.25) is 9.52 Å². The van der Waals surface area contributed by atoms with E-state index < -0.39 is 21.3 Å². The maximum absolute atomic E-state index is 13.4. The number of halogens is 1. The summed E-state index contributed by atoms with van der Waals surface area (Å²) in [6.07, 6.45) is 0.